The maximum absolute atomic E-state index is 14.0. The normalized spacial score (nSPS) is 14.3. The van der Waals surface area contributed by atoms with E-state index in [2.05, 4.69) is 4.72 Å². The molecule has 0 aromatic heterocycles. The molecule has 0 fully saturated rings. The second kappa shape index (κ2) is 6.68. The number of hydrogen-bond donors (Lipinski definition) is 1. The number of amides is 1. The summed E-state index contributed by atoms with van der Waals surface area (Å²) in [4.78, 5) is 12.8. The summed E-state index contributed by atoms with van der Waals surface area (Å²) in [5.74, 6) is -1.79. The first kappa shape index (κ1) is 18.3. The van der Waals surface area contributed by atoms with E-state index < -0.39 is 26.6 Å². The number of rotatable bonds is 4. The molecule has 26 heavy (non-hydrogen) atoms. The Morgan fingerprint density at radius 1 is 1.12 bits per heavy atom. The monoisotopic (exact) mass is 380 g/mol. The minimum Gasteiger partial charge on any atom is -0.312 e. The molecule has 0 bridgehead atoms. The van der Waals surface area contributed by atoms with Crippen LogP contribution in [0.1, 0.15) is 24.5 Å². The van der Waals surface area contributed by atoms with Gasteiger partial charge in [0.15, 0.2) is 0 Å². The van der Waals surface area contributed by atoms with Crippen LogP contribution in [0.4, 0.5) is 20.2 Å². The zero-order valence-electron chi connectivity index (χ0n) is 14.3. The first-order valence-electron chi connectivity index (χ1n) is 8.14. The lowest BCUT2D eigenvalue weighted by Gasteiger charge is -2.28. The molecule has 0 aliphatic carbocycles. The van der Waals surface area contributed by atoms with Crippen LogP contribution in [0.3, 0.4) is 0 Å². The van der Waals surface area contributed by atoms with Gasteiger partial charge in [0.05, 0.1) is 0 Å². The lowest BCUT2D eigenvalue weighted by molar-refractivity contribution is -0.118. The predicted molar refractivity (Wildman–Crippen MR) is 94.7 cm³/mol. The van der Waals surface area contributed by atoms with Gasteiger partial charge in [-0.1, -0.05) is 0 Å². The summed E-state index contributed by atoms with van der Waals surface area (Å²) in [6, 6.07) is 6.29. The van der Waals surface area contributed by atoms with Crippen molar-refractivity contribution in [1.82, 2.24) is 0 Å². The lowest BCUT2D eigenvalue weighted by Crippen LogP contribution is -2.34. The molecule has 1 N–H and O–H groups in total. The highest BCUT2D eigenvalue weighted by atomic mass is 32.2. The zero-order chi connectivity index (χ0) is 19.1. The smallest absolute Gasteiger partial charge is 0.264 e. The minimum atomic E-state index is -4.29. The largest absolute Gasteiger partial charge is 0.312 e. The van der Waals surface area contributed by atoms with Gasteiger partial charge >= 0.3 is 0 Å². The van der Waals surface area contributed by atoms with Gasteiger partial charge in [0.25, 0.3) is 10.0 Å². The molecule has 5 nitrogen and oxygen atoms in total. The summed E-state index contributed by atoms with van der Waals surface area (Å²) >= 11 is 0. The summed E-state index contributed by atoms with van der Waals surface area (Å²) < 4.78 is 54.9. The Kier molecular flexibility index (Phi) is 4.70. The summed E-state index contributed by atoms with van der Waals surface area (Å²) in [5, 5.41) is 0. The van der Waals surface area contributed by atoms with Crippen molar-refractivity contribution < 1.29 is 22.0 Å². The van der Waals surface area contributed by atoms with E-state index in [-0.39, 0.29) is 17.2 Å². The zero-order valence-corrected chi connectivity index (χ0v) is 15.2. The summed E-state index contributed by atoms with van der Waals surface area (Å²) in [6.45, 7) is 3.73. The van der Waals surface area contributed by atoms with Gasteiger partial charge in [-0.3, -0.25) is 9.52 Å². The number of carbonyl (C=O) groups is 1. The fourth-order valence-electron chi connectivity index (χ4n) is 3.01. The number of aryl methyl sites for hydroxylation is 2. The molecule has 8 heteroatoms. The van der Waals surface area contributed by atoms with E-state index in [4.69, 9.17) is 0 Å². The van der Waals surface area contributed by atoms with E-state index in [9.17, 15) is 22.0 Å². The topological polar surface area (TPSA) is 66.5 Å². The van der Waals surface area contributed by atoms with Gasteiger partial charge in [-0.15, -0.1) is 0 Å². The van der Waals surface area contributed by atoms with Gasteiger partial charge in [0.1, 0.15) is 16.5 Å². The van der Waals surface area contributed by atoms with Gasteiger partial charge in [0.2, 0.25) is 5.91 Å². The summed E-state index contributed by atoms with van der Waals surface area (Å²) in [5.41, 5.74) is 1.82. The van der Waals surface area contributed by atoms with Gasteiger partial charge < -0.3 is 4.90 Å². The van der Waals surface area contributed by atoms with Crippen LogP contribution < -0.4 is 9.62 Å². The van der Waals surface area contributed by atoms with Crippen LogP contribution in [0.5, 0.6) is 0 Å². The van der Waals surface area contributed by atoms with Crippen LogP contribution in [0.25, 0.3) is 0 Å². The van der Waals surface area contributed by atoms with E-state index in [1.807, 2.05) is 6.92 Å². The molecule has 3 rings (SSSR count). The van der Waals surface area contributed by atoms with Gasteiger partial charge in [-0.05, 0) is 61.7 Å². The number of sulfonamides is 1. The van der Waals surface area contributed by atoms with Crippen LogP contribution in [0.2, 0.25) is 0 Å². The van der Waals surface area contributed by atoms with Crippen molar-refractivity contribution in [2.45, 2.75) is 31.6 Å². The molecule has 0 atom stereocenters. The molecule has 0 spiro atoms. The van der Waals surface area contributed by atoms with Crippen LogP contribution in [0.15, 0.2) is 35.2 Å². The van der Waals surface area contributed by atoms with Crippen molar-refractivity contribution in [2.24, 2.45) is 0 Å². The first-order valence-corrected chi connectivity index (χ1v) is 9.63. The van der Waals surface area contributed by atoms with E-state index >= 15 is 0 Å². The Morgan fingerprint density at radius 2 is 1.85 bits per heavy atom. The Morgan fingerprint density at radius 3 is 2.54 bits per heavy atom. The maximum atomic E-state index is 14.0. The highest BCUT2D eigenvalue weighted by Crippen LogP contribution is 2.31. The molecule has 0 saturated carbocycles. The van der Waals surface area contributed by atoms with Crippen molar-refractivity contribution >= 4 is 27.3 Å². The van der Waals surface area contributed by atoms with Crippen LogP contribution in [-0.4, -0.2) is 20.9 Å². The minimum absolute atomic E-state index is 0.0190. The van der Waals surface area contributed by atoms with Crippen LogP contribution >= 0.6 is 0 Å². The number of hydrogen-bond acceptors (Lipinski definition) is 3. The molecule has 138 valence electrons. The quantitative estimate of drug-likeness (QED) is 0.884. The fraction of sp³-hybridized carbons (Fsp3) is 0.278. The van der Waals surface area contributed by atoms with E-state index in [0.717, 1.165) is 17.3 Å². The predicted octanol–water partition coefficient (Wildman–Crippen LogP) is 3.37. The van der Waals surface area contributed by atoms with Crippen molar-refractivity contribution in [3.05, 3.63) is 53.1 Å². The average Bonchev–Trinajstić information content (AvgIpc) is 2.57. The number of nitrogens with zero attached hydrogens (tertiary/aromatic N) is 1. The number of nitrogens with one attached hydrogen (secondary N) is 1. The number of benzene rings is 2. The van der Waals surface area contributed by atoms with Gasteiger partial charge in [0, 0.05) is 24.3 Å². The first-order chi connectivity index (χ1) is 12.2. The van der Waals surface area contributed by atoms with Gasteiger partial charge in [-0.2, -0.15) is 0 Å². The Bertz CT molecular complexity index is 990. The van der Waals surface area contributed by atoms with E-state index in [1.165, 1.54) is 13.0 Å². The van der Waals surface area contributed by atoms with Crippen molar-refractivity contribution in [3.63, 3.8) is 0 Å². The second-order valence-corrected chi connectivity index (χ2v) is 7.77. The standard InChI is InChI=1S/C18H18F2N2O3S/c1-3-22-16-6-5-13(9-12(16)4-7-18(22)23)21-26(24,25)17-10-14(19)11(2)8-15(17)20/h5-6,8-10,21H,3-4,7H2,1-2H3. The molecule has 2 aromatic rings. The third-order valence-corrected chi connectivity index (χ3v) is 5.75. The third-order valence-electron chi connectivity index (χ3n) is 4.35. The van der Waals surface area contributed by atoms with E-state index in [1.54, 1.807) is 17.0 Å². The fourth-order valence-corrected chi connectivity index (χ4v) is 4.14. The van der Waals surface area contributed by atoms with Crippen LogP contribution in [-0.2, 0) is 21.2 Å². The molecular weight excluding hydrogens is 362 g/mol. The number of halogens is 2. The van der Waals surface area contributed by atoms with Crippen molar-refractivity contribution in [3.8, 4) is 0 Å². The molecule has 1 amide bonds. The summed E-state index contributed by atoms with van der Waals surface area (Å²) in [7, 11) is -4.29. The molecular formula is C18H18F2N2O3S. The van der Waals surface area contributed by atoms with Gasteiger partial charge in [-0.25, -0.2) is 17.2 Å². The van der Waals surface area contributed by atoms with E-state index in [0.29, 0.717) is 25.5 Å². The maximum Gasteiger partial charge on any atom is 0.264 e. The molecule has 0 unspecified atom stereocenters. The molecule has 1 heterocycles. The SMILES string of the molecule is CCN1C(=O)CCc2cc(NS(=O)(=O)c3cc(F)c(C)cc3F)ccc21. The number of anilines is 2. The molecule has 1 aliphatic heterocycles. The lowest BCUT2D eigenvalue weighted by atomic mass is 10.0. The molecule has 0 saturated heterocycles. The van der Waals surface area contributed by atoms with Crippen molar-refractivity contribution in [1.29, 1.82) is 0 Å². The number of fused-ring (bicyclic) bond motifs is 1. The molecule has 0 radical (unpaired) electrons. The van der Waals surface area contributed by atoms with Crippen LogP contribution in [0, 0.1) is 18.6 Å². The Balaban J connectivity index is 1.94. The summed E-state index contributed by atoms with van der Waals surface area (Å²) in [6.07, 6.45) is 0.836. The Labute approximate surface area is 150 Å². The Hall–Kier alpha value is -2.48. The highest BCUT2D eigenvalue weighted by Gasteiger charge is 2.25. The third kappa shape index (κ3) is 3.29. The second-order valence-electron chi connectivity index (χ2n) is 6.12. The highest BCUT2D eigenvalue weighted by molar-refractivity contribution is 7.92. The van der Waals surface area contributed by atoms with Crippen molar-refractivity contribution in [2.75, 3.05) is 16.2 Å². The number of carbonyl (C=O) groups excluding carboxylic acids is 1. The average molecular weight is 380 g/mol. The molecule has 2 aromatic carbocycles. The molecule has 1 aliphatic rings.